The zero-order valence-electron chi connectivity index (χ0n) is 8.20. The summed E-state index contributed by atoms with van der Waals surface area (Å²) in [5.41, 5.74) is -0.330. The van der Waals surface area contributed by atoms with Crippen molar-refractivity contribution in [2.75, 3.05) is 0 Å². The molecule has 0 aliphatic heterocycles. The van der Waals surface area contributed by atoms with Crippen molar-refractivity contribution in [1.82, 2.24) is 9.55 Å². The molecule has 0 aliphatic carbocycles. The van der Waals surface area contributed by atoms with Crippen LogP contribution in [0.25, 0.3) is 5.69 Å². The Morgan fingerprint density at radius 3 is 2.56 bits per heavy atom. The summed E-state index contributed by atoms with van der Waals surface area (Å²) in [4.78, 5) is 25.4. The lowest BCUT2D eigenvalue weighted by Gasteiger charge is -2.05. The standard InChI is InChI=1S/C11H8N2O3/c14-10-9(11(15)16)6-13(7-12-10)8-4-2-1-3-5-8/h1-7H,(H,15,16). The van der Waals surface area contributed by atoms with Gasteiger partial charge in [0.1, 0.15) is 11.9 Å². The SMILES string of the molecule is O=C(O)c1cn(-c2ccccc2)cnc1=O. The van der Waals surface area contributed by atoms with Crippen molar-refractivity contribution in [2.24, 2.45) is 0 Å². The minimum Gasteiger partial charge on any atom is -0.477 e. The highest BCUT2D eigenvalue weighted by molar-refractivity contribution is 5.86. The highest BCUT2D eigenvalue weighted by Crippen LogP contribution is 2.05. The van der Waals surface area contributed by atoms with Crippen LogP contribution in [0.15, 0.2) is 47.7 Å². The monoisotopic (exact) mass is 216 g/mol. The Morgan fingerprint density at radius 2 is 1.94 bits per heavy atom. The van der Waals surface area contributed by atoms with E-state index in [0.717, 1.165) is 5.69 Å². The summed E-state index contributed by atoms with van der Waals surface area (Å²) < 4.78 is 1.49. The third-order valence-corrected chi connectivity index (χ3v) is 2.08. The van der Waals surface area contributed by atoms with Crippen LogP contribution in [-0.2, 0) is 0 Å². The number of benzene rings is 1. The number of carboxylic acids is 1. The summed E-state index contributed by atoms with van der Waals surface area (Å²) in [6, 6.07) is 9.05. The minimum atomic E-state index is -1.28. The van der Waals surface area contributed by atoms with Gasteiger partial charge in [0.2, 0.25) is 0 Å². The number of hydrogen-bond donors (Lipinski definition) is 1. The van der Waals surface area contributed by atoms with Crippen LogP contribution in [0.1, 0.15) is 10.4 Å². The quantitative estimate of drug-likeness (QED) is 0.810. The van der Waals surface area contributed by atoms with Crippen LogP contribution in [-0.4, -0.2) is 20.6 Å². The predicted octanol–water partition coefficient (Wildman–Crippen LogP) is 0.931. The van der Waals surface area contributed by atoms with Crippen LogP contribution in [0.5, 0.6) is 0 Å². The van der Waals surface area contributed by atoms with Crippen molar-refractivity contribution in [2.45, 2.75) is 0 Å². The molecule has 0 saturated carbocycles. The molecule has 0 fully saturated rings. The number of para-hydroxylation sites is 1. The maximum Gasteiger partial charge on any atom is 0.342 e. The average Bonchev–Trinajstić information content (AvgIpc) is 2.30. The van der Waals surface area contributed by atoms with E-state index in [0.29, 0.717) is 0 Å². The van der Waals surface area contributed by atoms with E-state index in [-0.39, 0.29) is 5.56 Å². The summed E-state index contributed by atoms with van der Waals surface area (Å²) in [5, 5.41) is 8.78. The molecular weight excluding hydrogens is 208 g/mol. The second kappa shape index (κ2) is 3.98. The molecule has 5 nitrogen and oxygen atoms in total. The van der Waals surface area contributed by atoms with Crippen LogP contribution < -0.4 is 5.56 Å². The van der Waals surface area contributed by atoms with Gasteiger partial charge in [0.25, 0.3) is 5.56 Å². The summed E-state index contributed by atoms with van der Waals surface area (Å²) in [7, 11) is 0. The zero-order chi connectivity index (χ0) is 11.5. The molecule has 1 aromatic carbocycles. The number of nitrogens with zero attached hydrogens (tertiary/aromatic N) is 2. The van der Waals surface area contributed by atoms with Crippen molar-refractivity contribution in [3.8, 4) is 5.69 Å². The van der Waals surface area contributed by atoms with E-state index in [1.807, 2.05) is 18.2 Å². The molecule has 0 unspecified atom stereocenters. The number of aromatic nitrogens is 2. The second-order valence-corrected chi connectivity index (χ2v) is 3.14. The Hall–Kier alpha value is -2.43. The smallest absolute Gasteiger partial charge is 0.342 e. The molecular formula is C11H8N2O3. The zero-order valence-corrected chi connectivity index (χ0v) is 8.20. The molecule has 0 aliphatic rings. The number of carboxylic acid groups (broad SMARTS) is 1. The molecule has 1 heterocycles. The van der Waals surface area contributed by atoms with Crippen molar-refractivity contribution >= 4 is 5.97 Å². The molecule has 0 atom stereocenters. The Morgan fingerprint density at radius 1 is 1.25 bits per heavy atom. The first kappa shape index (κ1) is 10.1. The Labute approximate surface area is 90.6 Å². The van der Waals surface area contributed by atoms with Gasteiger partial charge in [0.05, 0.1) is 0 Å². The number of carbonyl (C=O) groups is 1. The van der Waals surface area contributed by atoms with Crippen molar-refractivity contribution in [1.29, 1.82) is 0 Å². The Kier molecular flexibility index (Phi) is 2.51. The van der Waals surface area contributed by atoms with E-state index < -0.39 is 11.5 Å². The maximum absolute atomic E-state index is 11.1. The second-order valence-electron chi connectivity index (χ2n) is 3.14. The molecule has 0 saturated heterocycles. The van der Waals surface area contributed by atoms with Crippen LogP contribution in [0.2, 0.25) is 0 Å². The normalized spacial score (nSPS) is 10.0. The van der Waals surface area contributed by atoms with E-state index in [1.165, 1.54) is 17.1 Å². The van der Waals surface area contributed by atoms with Crippen molar-refractivity contribution in [3.05, 3.63) is 58.8 Å². The maximum atomic E-state index is 11.1. The predicted molar refractivity (Wildman–Crippen MR) is 56.8 cm³/mol. The molecule has 80 valence electrons. The van der Waals surface area contributed by atoms with Gasteiger partial charge in [-0.15, -0.1) is 0 Å². The third-order valence-electron chi connectivity index (χ3n) is 2.08. The molecule has 1 aromatic heterocycles. The van der Waals surface area contributed by atoms with Gasteiger partial charge in [-0.25, -0.2) is 4.79 Å². The third kappa shape index (κ3) is 1.83. The molecule has 2 rings (SSSR count). The van der Waals surface area contributed by atoms with E-state index in [1.54, 1.807) is 12.1 Å². The molecule has 1 N–H and O–H groups in total. The van der Waals surface area contributed by atoms with E-state index in [9.17, 15) is 9.59 Å². The van der Waals surface area contributed by atoms with Gasteiger partial charge in [-0.05, 0) is 12.1 Å². The average molecular weight is 216 g/mol. The van der Waals surface area contributed by atoms with Crippen LogP contribution in [0.4, 0.5) is 0 Å². The lowest BCUT2D eigenvalue weighted by atomic mass is 10.3. The van der Waals surface area contributed by atoms with Gasteiger partial charge in [-0.3, -0.25) is 4.79 Å². The van der Waals surface area contributed by atoms with E-state index in [4.69, 9.17) is 5.11 Å². The van der Waals surface area contributed by atoms with Crippen molar-refractivity contribution in [3.63, 3.8) is 0 Å². The topological polar surface area (TPSA) is 72.2 Å². The first-order valence-electron chi connectivity index (χ1n) is 4.55. The van der Waals surface area contributed by atoms with Crippen LogP contribution in [0.3, 0.4) is 0 Å². The van der Waals surface area contributed by atoms with Gasteiger partial charge in [-0.2, -0.15) is 4.98 Å². The molecule has 0 radical (unpaired) electrons. The molecule has 2 aromatic rings. The van der Waals surface area contributed by atoms with Crippen molar-refractivity contribution < 1.29 is 9.90 Å². The lowest BCUT2D eigenvalue weighted by Crippen LogP contribution is -2.19. The summed E-state index contributed by atoms with van der Waals surface area (Å²) in [6.45, 7) is 0. The number of rotatable bonds is 2. The highest BCUT2D eigenvalue weighted by atomic mass is 16.4. The fourth-order valence-corrected chi connectivity index (χ4v) is 1.30. The van der Waals surface area contributed by atoms with Gasteiger partial charge >= 0.3 is 5.97 Å². The minimum absolute atomic E-state index is 0.341. The number of aromatic carboxylic acids is 1. The number of hydrogen-bond acceptors (Lipinski definition) is 3. The van der Waals surface area contributed by atoms with Gasteiger partial charge in [0, 0.05) is 11.9 Å². The highest BCUT2D eigenvalue weighted by Gasteiger charge is 2.09. The lowest BCUT2D eigenvalue weighted by molar-refractivity contribution is 0.0694. The first-order chi connectivity index (χ1) is 7.68. The largest absolute Gasteiger partial charge is 0.477 e. The van der Waals surface area contributed by atoms with E-state index in [2.05, 4.69) is 4.98 Å². The fraction of sp³-hybridized carbons (Fsp3) is 0. The summed E-state index contributed by atoms with van der Waals surface area (Å²) in [5.74, 6) is -1.28. The molecule has 0 amide bonds. The summed E-state index contributed by atoms with van der Waals surface area (Å²) in [6.07, 6.45) is 2.55. The molecule has 0 spiro atoms. The van der Waals surface area contributed by atoms with E-state index >= 15 is 0 Å². The fourth-order valence-electron chi connectivity index (χ4n) is 1.30. The molecule has 5 heteroatoms. The van der Waals surface area contributed by atoms with Gasteiger partial charge < -0.3 is 9.67 Å². The molecule has 0 bridgehead atoms. The van der Waals surface area contributed by atoms with Crippen LogP contribution in [0, 0.1) is 0 Å². The van der Waals surface area contributed by atoms with Gasteiger partial charge in [-0.1, -0.05) is 18.2 Å². The summed E-state index contributed by atoms with van der Waals surface area (Å²) >= 11 is 0. The van der Waals surface area contributed by atoms with Gasteiger partial charge in [0.15, 0.2) is 0 Å². The Bertz CT molecular complexity index is 575. The first-order valence-corrected chi connectivity index (χ1v) is 4.55. The Balaban J connectivity index is 2.57. The van der Waals surface area contributed by atoms with Crippen LogP contribution >= 0.6 is 0 Å². The molecule has 16 heavy (non-hydrogen) atoms.